The van der Waals surface area contributed by atoms with Crippen molar-refractivity contribution in [3.8, 4) is 17.3 Å². The smallest absolute Gasteiger partial charge is 0.268 e. The van der Waals surface area contributed by atoms with E-state index in [2.05, 4.69) is 34.5 Å². The highest BCUT2D eigenvalue weighted by Gasteiger charge is 2.17. The molecule has 8 heteroatoms. The Hall–Kier alpha value is -3.68. The minimum absolute atomic E-state index is 0.182. The Kier molecular flexibility index (Phi) is 5.47. The number of benzene rings is 1. The lowest BCUT2D eigenvalue weighted by Gasteiger charge is -2.11. The van der Waals surface area contributed by atoms with Gasteiger partial charge in [-0.15, -0.1) is 10.2 Å². The Morgan fingerprint density at radius 1 is 1.17 bits per heavy atom. The molecule has 0 saturated heterocycles. The van der Waals surface area contributed by atoms with E-state index in [0.29, 0.717) is 41.3 Å². The van der Waals surface area contributed by atoms with Gasteiger partial charge in [0, 0.05) is 18.2 Å². The molecule has 0 bridgehead atoms. The average molecular weight is 405 g/mol. The van der Waals surface area contributed by atoms with Crippen LogP contribution in [0.4, 0.5) is 0 Å². The fourth-order valence-electron chi connectivity index (χ4n) is 3.17. The van der Waals surface area contributed by atoms with Gasteiger partial charge in [0.15, 0.2) is 0 Å². The number of rotatable bonds is 7. The fraction of sp³-hybridized carbons (Fsp3) is 0.273. The van der Waals surface area contributed by atoms with Gasteiger partial charge in [-0.2, -0.15) is 5.10 Å². The zero-order chi connectivity index (χ0) is 21.1. The van der Waals surface area contributed by atoms with E-state index in [1.54, 1.807) is 25.3 Å². The van der Waals surface area contributed by atoms with Crippen molar-refractivity contribution in [1.29, 1.82) is 0 Å². The molecule has 0 aliphatic rings. The summed E-state index contributed by atoms with van der Waals surface area (Å²) in [7, 11) is 0. The minimum atomic E-state index is -0.182. The van der Waals surface area contributed by atoms with Gasteiger partial charge in [-0.25, -0.2) is 4.68 Å². The topological polar surface area (TPSA) is 99.0 Å². The van der Waals surface area contributed by atoms with Crippen LogP contribution in [0.1, 0.15) is 41.6 Å². The van der Waals surface area contributed by atoms with Gasteiger partial charge in [0.2, 0.25) is 5.89 Å². The highest BCUT2D eigenvalue weighted by Crippen LogP contribution is 2.23. The van der Waals surface area contributed by atoms with Gasteiger partial charge in [-0.05, 0) is 48.7 Å². The maximum absolute atomic E-state index is 12.6. The lowest BCUT2D eigenvalue weighted by Crippen LogP contribution is -2.22. The third kappa shape index (κ3) is 4.32. The van der Waals surface area contributed by atoms with Crippen LogP contribution in [0.25, 0.3) is 17.3 Å². The Morgan fingerprint density at radius 3 is 2.73 bits per heavy atom. The Bertz CT molecular complexity index is 1140. The third-order valence-corrected chi connectivity index (χ3v) is 4.50. The van der Waals surface area contributed by atoms with E-state index in [-0.39, 0.29) is 5.91 Å². The predicted molar refractivity (Wildman–Crippen MR) is 110 cm³/mol. The van der Waals surface area contributed by atoms with Crippen LogP contribution in [-0.4, -0.2) is 25.9 Å². The zero-order valence-corrected chi connectivity index (χ0v) is 17.1. The van der Waals surface area contributed by atoms with Gasteiger partial charge in [0.05, 0.1) is 18.5 Å². The van der Waals surface area contributed by atoms with Gasteiger partial charge < -0.3 is 14.2 Å². The lowest BCUT2D eigenvalue weighted by molar-refractivity contribution is 0.0948. The first-order valence-corrected chi connectivity index (χ1v) is 9.80. The first-order valence-electron chi connectivity index (χ1n) is 9.80. The van der Waals surface area contributed by atoms with E-state index in [4.69, 9.17) is 8.83 Å². The number of aryl methyl sites for hydroxylation is 1. The molecular formula is C22H23N5O3. The van der Waals surface area contributed by atoms with Gasteiger partial charge in [-0.1, -0.05) is 19.9 Å². The van der Waals surface area contributed by atoms with E-state index in [1.807, 2.05) is 35.0 Å². The summed E-state index contributed by atoms with van der Waals surface area (Å²) in [6, 6.07) is 12.9. The summed E-state index contributed by atoms with van der Waals surface area (Å²) in [5.74, 6) is 1.81. The second kappa shape index (κ2) is 8.36. The molecule has 0 atom stereocenters. The van der Waals surface area contributed by atoms with Crippen molar-refractivity contribution >= 4 is 5.91 Å². The summed E-state index contributed by atoms with van der Waals surface area (Å²) in [5.41, 5.74) is 2.95. The number of amides is 1. The predicted octanol–water partition coefficient (Wildman–Crippen LogP) is 3.95. The molecular weight excluding hydrogens is 382 g/mol. The van der Waals surface area contributed by atoms with Crippen LogP contribution in [-0.2, 0) is 13.0 Å². The van der Waals surface area contributed by atoms with Gasteiger partial charge in [0.1, 0.15) is 11.5 Å². The molecule has 0 spiro atoms. The molecule has 1 amide bonds. The molecule has 8 nitrogen and oxygen atoms in total. The summed E-state index contributed by atoms with van der Waals surface area (Å²) >= 11 is 0. The van der Waals surface area contributed by atoms with E-state index in [1.165, 1.54) is 0 Å². The molecule has 0 aliphatic carbocycles. The third-order valence-electron chi connectivity index (χ3n) is 4.50. The van der Waals surface area contributed by atoms with Crippen LogP contribution in [0.15, 0.2) is 57.6 Å². The van der Waals surface area contributed by atoms with E-state index >= 15 is 0 Å². The summed E-state index contributed by atoms with van der Waals surface area (Å²) in [4.78, 5) is 12.6. The molecule has 30 heavy (non-hydrogen) atoms. The van der Waals surface area contributed by atoms with Gasteiger partial charge >= 0.3 is 0 Å². The highest BCUT2D eigenvalue weighted by atomic mass is 16.4. The fourth-order valence-corrected chi connectivity index (χ4v) is 3.17. The number of carbonyl (C=O) groups is 1. The minimum Gasteiger partial charge on any atom is -0.467 e. The summed E-state index contributed by atoms with van der Waals surface area (Å²) in [6.07, 6.45) is 2.40. The number of nitrogens with one attached hydrogen (secondary N) is 1. The quantitative estimate of drug-likeness (QED) is 0.500. The van der Waals surface area contributed by atoms with Crippen molar-refractivity contribution in [2.75, 3.05) is 0 Å². The van der Waals surface area contributed by atoms with E-state index < -0.39 is 0 Å². The maximum atomic E-state index is 12.6. The molecule has 1 aromatic carbocycles. The van der Waals surface area contributed by atoms with Crippen LogP contribution in [0.5, 0.6) is 0 Å². The van der Waals surface area contributed by atoms with Crippen LogP contribution < -0.4 is 5.32 Å². The molecule has 4 aromatic rings. The van der Waals surface area contributed by atoms with Crippen molar-refractivity contribution in [2.45, 2.75) is 33.7 Å². The summed E-state index contributed by atoms with van der Waals surface area (Å²) in [6.45, 7) is 6.36. The monoisotopic (exact) mass is 405 g/mol. The molecule has 0 saturated carbocycles. The van der Waals surface area contributed by atoms with Crippen molar-refractivity contribution in [3.05, 3.63) is 71.6 Å². The first kappa shape index (κ1) is 19.6. The SMILES string of the molecule is Cc1nnc(-c2cc(CC(C)C)n(-c3cccc(C(=O)NCc4ccco4)c3)n2)o1. The molecule has 0 unspecified atom stereocenters. The Balaban J connectivity index is 1.63. The number of hydrogen-bond acceptors (Lipinski definition) is 6. The number of furan rings is 1. The first-order chi connectivity index (χ1) is 14.5. The second-order valence-electron chi connectivity index (χ2n) is 7.47. The number of nitrogens with zero attached hydrogens (tertiary/aromatic N) is 4. The van der Waals surface area contributed by atoms with Crippen molar-refractivity contribution in [1.82, 2.24) is 25.3 Å². The molecule has 3 heterocycles. The van der Waals surface area contributed by atoms with Crippen LogP contribution in [0, 0.1) is 12.8 Å². The largest absolute Gasteiger partial charge is 0.467 e. The van der Waals surface area contributed by atoms with Gasteiger partial charge in [0.25, 0.3) is 11.8 Å². The van der Waals surface area contributed by atoms with E-state index in [9.17, 15) is 4.79 Å². The Labute approximate surface area is 173 Å². The van der Waals surface area contributed by atoms with Crippen LogP contribution in [0.3, 0.4) is 0 Å². The van der Waals surface area contributed by atoms with Crippen molar-refractivity contribution in [2.24, 2.45) is 5.92 Å². The standard InChI is InChI=1S/C22H23N5O3/c1-14(2)10-18-12-20(22-25-24-15(3)30-22)26-27(18)17-7-4-6-16(11-17)21(28)23-13-19-8-5-9-29-19/h4-9,11-12,14H,10,13H2,1-3H3,(H,23,28). The molecule has 4 rings (SSSR count). The second-order valence-corrected chi connectivity index (χ2v) is 7.47. The number of hydrogen-bond donors (Lipinski definition) is 1. The van der Waals surface area contributed by atoms with Gasteiger partial charge in [-0.3, -0.25) is 4.79 Å². The summed E-state index contributed by atoms with van der Waals surface area (Å²) < 4.78 is 12.6. The summed E-state index contributed by atoms with van der Waals surface area (Å²) in [5, 5.41) is 15.5. The molecule has 0 aliphatic heterocycles. The molecule has 154 valence electrons. The van der Waals surface area contributed by atoms with Crippen molar-refractivity contribution in [3.63, 3.8) is 0 Å². The average Bonchev–Trinajstić information content (AvgIpc) is 3.47. The van der Waals surface area contributed by atoms with Crippen molar-refractivity contribution < 1.29 is 13.6 Å². The number of carbonyl (C=O) groups excluding carboxylic acids is 1. The van der Waals surface area contributed by atoms with Crippen LogP contribution in [0.2, 0.25) is 0 Å². The molecule has 3 aromatic heterocycles. The molecule has 1 N–H and O–H groups in total. The normalized spacial score (nSPS) is 11.2. The zero-order valence-electron chi connectivity index (χ0n) is 17.1. The highest BCUT2D eigenvalue weighted by molar-refractivity contribution is 5.94. The maximum Gasteiger partial charge on any atom is 0.268 e. The molecule has 0 radical (unpaired) electrons. The Morgan fingerprint density at radius 2 is 2.03 bits per heavy atom. The van der Waals surface area contributed by atoms with E-state index in [0.717, 1.165) is 17.8 Å². The molecule has 0 fully saturated rings. The number of aromatic nitrogens is 4. The lowest BCUT2D eigenvalue weighted by atomic mass is 10.1. The van der Waals surface area contributed by atoms with Crippen LogP contribution >= 0.6 is 0 Å².